The molecule has 2 N–H and O–H groups in total. The van der Waals surface area contributed by atoms with Gasteiger partial charge in [-0.2, -0.15) is 0 Å². The van der Waals surface area contributed by atoms with E-state index in [0.29, 0.717) is 5.69 Å². The molecule has 0 aliphatic carbocycles. The molecule has 3 rings (SSSR count). The van der Waals surface area contributed by atoms with Crippen LogP contribution < -0.4 is 5.32 Å². The number of carboxylic acids is 1. The number of hydrogen-bond donors (Lipinski definition) is 2. The fourth-order valence-electron chi connectivity index (χ4n) is 1.95. The zero-order valence-electron chi connectivity index (χ0n) is 10.4. The van der Waals surface area contributed by atoms with E-state index in [-0.39, 0.29) is 5.69 Å². The molecule has 3 aromatic rings. The van der Waals surface area contributed by atoms with Crippen molar-refractivity contribution in [1.29, 1.82) is 0 Å². The molecule has 5 nitrogen and oxygen atoms in total. The van der Waals surface area contributed by atoms with Gasteiger partial charge in [-0.15, -0.1) is 0 Å². The van der Waals surface area contributed by atoms with Gasteiger partial charge in [-0.05, 0) is 36.4 Å². The average molecular weight is 265 g/mol. The van der Waals surface area contributed by atoms with Gasteiger partial charge in [-0.3, -0.25) is 4.98 Å². The van der Waals surface area contributed by atoms with Crippen molar-refractivity contribution >= 4 is 28.2 Å². The first-order valence-electron chi connectivity index (χ1n) is 6.03. The molecule has 0 radical (unpaired) electrons. The Balaban J connectivity index is 1.92. The number of fused-ring (bicyclic) bond motifs is 1. The summed E-state index contributed by atoms with van der Waals surface area (Å²) in [6, 6.07) is 12.8. The van der Waals surface area contributed by atoms with Crippen molar-refractivity contribution in [1.82, 2.24) is 9.97 Å². The monoisotopic (exact) mass is 265 g/mol. The molecule has 0 amide bonds. The van der Waals surface area contributed by atoms with Crippen LogP contribution in [0.4, 0.5) is 11.4 Å². The lowest BCUT2D eigenvalue weighted by molar-refractivity contribution is 0.0690. The van der Waals surface area contributed by atoms with Gasteiger partial charge in [0, 0.05) is 29.2 Å². The van der Waals surface area contributed by atoms with Crippen LogP contribution in [-0.2, 0) is 0 Å². The maximum atomic E-state index is 10.9. The van der Waals surface area contributed by atoms with Crippen molar-refractivity contribution in [3.8, 4) is 0 Å². The summed E-state index contributed by atoms with van der Waals surface area (Å²) >= 11 is 0. The molecule has 20 heavy (non-hydrogen) atoms. The van der Waals surface area contributed by atoms with Crippen molar-refractivity contribution < 1.29 is 9.90 Å². The van der Waals surface area contributed by atoms with E-state index in [2.05, 4.69) is 15.3 Å². The highest BCUT2D eigenvalue weighted by Crippen LogP contribution is 2.21. The van der Waals surface area contributed by atoms with Gasteiger partial charge in [0.25, 0.3) is 0 Å². The molecular formula is C15H11N3O2. The first-order valence-corrected chi connectivity index (χ1v) is 6.03. The van der Waals surface area contributed by atoms with E-state index in [1.807, 2.05) is 30.3 Å². The second-order valence-corrected chi connectivity index (χ2v) is 4.27. The van der Waals surface area contributed by atoms with E-state index >= 15 is 0 Å². The first kappa shape index (κ1) is 12.1. The van der Waals surface area contributed by atoms with E-state index in [1.54, 1.807) is 12.3 Å². The summed E-state index contributed by atoms with van der Waals surface area (Å²) < 4.78 is 0. The zero-order chi connectivity index (χ0) is 13.9. The molecule has 0 saturated heterocycles. The molecule has 0 spiro atoms. The highest BCUT2D eigenvalue weighted by molar-refractivity contribution is 5.87. The Labute approximate surface area is 114 Å². The van der Waals surface area contributed by atoms with Crippen molar-refractivity contribution in [2.24, 2.45) is 0 Å². The summed E-state index contributed by atoms with van der Waals surface area (Å²) in [6.45, 7) is 0. The van der Waals surface area contributed by atoms with Crippen LogP contribution in [0, 0.1) is 0 Å². The number of carbonyl (C=O) groups is 1. The fraction of sp³-hybridized carbons (Fsp3) is 0. The van der Waals surface area contributed by atoms with Crippen LogP contribution in [0.5, 0.6) is 0 Å². The first-order chi connectivity index (χ1) is 9.72. The number of carboxylic acid groups (broad SMARTS) is 1. The largest absolute Gasteiger partial charge is 0.477 e. The molecule has 0 saturated carbocycles. The number of rotatable bonds is 3. The Morgan fingerprint density at radius 3 is 2.70 bits per heavy atom. The van der Waals surface area contributed by atoms with Gasteiger partial charge in [0.2, 0.25) is 0 Å². The standard InChI is InChI=1S/C15H11N3O2/c19-15(20)14-9-12(5-7-17-14)18-11-3-4-13-10(8-11)2-1-6-16-13/h1-9H,(H,17,18)(H,19,20). The lowest BCUT2D eigenvalue weighted by Crippen LogP contribution is -2.01. The topological polar surface area (TPSA) is 75.1 Å². The molecular weight excluding hydrogens is 254 g/mol. The third-order valence-corrected chi connectivity index (χ3v) is 2.87. The maximum absolute atomic E-state index is 10.9. The number of benzene rings is 1. The molecule has 0 bridgehead atoms. The average Bonchev–Trinajstić information content (AvgIpc) is 2.47. The number of nitrogens with zero attached hydrogens (tertiary/aromatic N) is 2. The molecule has 5 heteroatoms. The summed E-state index contributed by atoms with van der Waals surface area (Å²) in [5.74, 6) is -1.05. The Bertz CT molecular complexity index is 787. The molecule has 0 fully saturated rings. The van der Waals surface area contributed by atoms with Gasteiger partial charge in [0.1, 0.15) is 5.69 Å². The second-order valence-electron chi connectivity index (χ2n) is 4.27. The quantitative estimate of drug-likeness (QED) is 0.761. The van der Waals surface area contributed by atoms with Gasteiger partial charge < -0.3 is 10.4 Å². The van der Waals surface area contributed by atoms with E-state index < -0.39 is 5.97 Å². The Morgan fingerprint density at radius 1 is 1.00 bits per heavy atom. The molecule has 0 unspecified atom stereocenters. The summed E-state index contributed by atoms with van der Waals surface area (Å²) in [6.07, 6.45) is 3.21. The Morgan fingerprint density at radius 2 is 1.85 bits per heavy atom. The minimum Gasteiger partial charge on any atom is -0.477 e. The number of aromatic carboxylic acids is 1. The van der Waals surface area contributed by atoms with E-state index in [0.717, 1.165) is 16.6 Å². The normalized spacial score (nSPS) is 10.4. The lowest BCUT2D eigenvalue weighted by Gasteiger charge is -2.07. The van der Waals surface area contributed by atoms with Crippen LogP contribution in [0.25, 0.3) is 10.9 Å². The van der Waals surface area contributed by atoms with Crippen LogP contribution >= 0.6 is 0 Å². The fourth-order valence-corrected chi connectivity index (χ4v) is 1.95. The number of aromatic nitrogens is 2. The summed E-state index contributed by atoms with van der Waals surface area (Å²) in [5.41, 5.74) is 2.48. The Hall–Kier alpha value is -2.95. The zero-order valence-corrected chi connectivity index (χ0v) is 10.4. The smallest absolute Gasteiger partial charge is 0.354 e. The molecule has 1 aromatic carbocycles. The van der Waals surface area contributed by atoms with Gasteiger partial charge in [-0.1, -0.05) is 6.07 Å². The maximum Gasteiger partial charge on any atom is 0.354 e. The predicted octanol–water partition coefficient (Wildman–Crippen LogP) is 3.07. The third-order valence-electron chi connectivity index (χ3n) is 2.87. The summed E-state index contributed by atoms with van der Waals surface area (Å²) in [4.78, 5) is 18.9. The van der Waals surface area contributed by atoms with Crippen molar-refractivity contribution in [3.05, 3.63) is 60.6 Å². The minimum atomic E-state index is -1.05. The van der Waals surface area contributed by atoms with Crippen molar-refractivity contribution in [3.63, 3.8) is 0 Å². The highest BCUT2D eigenvalue weighted by Gasteiger charge is 2.05. The molecule has 98 valence electrons. The molecule has 0 aliphatic rings. The van der Waals surface area contributed by atoms with E-state index in [4.69, 9.17) is 5.11 Å². The van der Waals surface area contributed by atoms with E-state index in [9.17, 15) is 4.79 Å². The van der Waals surface area contributed by atoms with Gasteiger partial charge in [0.05, 0.1) is 5.52 Å². The number of anilines is 2. The highest BCUT2D eigenvalue weighted by atomic mass is 16.4. The van der Waals surface area contributed by atoms with Crippen LogP contribution in [0.15, 0.2) is 54.9 Å². The number of nitrogens with one attached hydrogen (secondary N) is 1. The third kappa shape index (κ3) is 2.42. The molecule has 2 aromatic heterocycles. The lowest BCUT2D eigenvalue weighted by atomic mass is 10.2. The second kappa shape index (κ2) is 4.97. The number of pyridine rings is 2. The minimum absolute atomic E-state index is 0.0115. The summed E-state index contributed by atoms with van der Waals surface area (Å²) in [7, 11) is 0. The summed E-state index contributed by atoms with van der Waals surface area (Å²) in [5, 5.41) is 13.1. The SMILES string of the molecule is O=C(O)c1cc(Nc2ccc3ncccc3c2)ccn1. The van der Waals surface area contributed by atoms with Crippen molar-refractivity contribution in [2.45, 2.75) is 0 Å². The van der Waals surface area contributed by atoms with Crippen LogP contribution in [0.2, 0.25) is 0 Å². The van der Waals surface area contributed by atoms with Crippen LogP contribution in [0.1, 0.15) is 10.5 Å². The number of hydrogen-bond acceptors (Lipinski definition) is 4. The molecule has 0 aliphatic heterocycles. The predicted molar refractivity (Wildman–Crippen MR) is 76.2 cm³/mol. The van der Waals surface area contributed by atoms with Crippen LogP contribution in [-0.4, -0.2) is 21.0 Å². The van der Waals surface area contributed by atoms with Crippen LogP contribution in [0.3, 0.4) is 0 Å². The van der Waals surface area contributed by atoms with Gasteiger partial charge in [-0.25, -0.2) is 9.78 Å². The van der Waals surface area contributed by atoms with Gasteiger partial charge in [0.15, 0.2) is 0 Å². The molecule has 0 atom stereocenters. The van der Waals surface area contributed by atoms with E-state index in [1.165, 1.54) is 12.3 Å². The van der Waals surface area contributed by atoms with Crippen molar-refractivity contribution in [2.75, 3.05) is 5.32 Å². The van der Waals surface area contributed by atoms with Gasteiger partial charge >= 0.3 is 5.97 Å². The molecule has 2 heterocycles. The Kier molecular flexibility index (Phi) is 3.01.